The van der Waals surface area contributed by atoms with E-state index in [1.54, 1.807) is 23.3 Å². The number of amides is 1. The Kier molecular flexibility index (Phi) is 4.98. The highest BCUT2D eigenvalue weighted by molar-refractivity contribution is 5.95. The third-order valence-electron chi connectivity index (χ3n) is 4.87. The molecule has 1 aliphatic rings. The van der Waals surface area contributed by atoms with Crippen molar-refractivity contribution in [2.24, 2.45) is 7.05 Å². The molecule has 0 saturated carbocycles. The number of nitrogens with zero attached hydrogens (tertiary/aromatic N) is 6. The molecule has 1 atom stereocenters. The van der Waals surface area contributed by atoms with Crippen molar-refractivity contribution in [2.75, 3.05) is 36.4 Å². The van der Waals surface area contributed by atoms with Crippen LogP contribution in [0.5, 0.6) is 0 Å². The maximum absolute atomic E-state index is 12.7. The minimum Gasteiger partial charge on any atom is -0.353 e. The molecule has 8 nitrogen and oxygen atoms in total. The average molecular weight is 343 g/mol. The second-order valence-corrected chi connectivity index (χ2v) is 6.42. The van der Waals surface area contributed by atoms with Gasteiger partial charge in [-0.25, -0.2) is 4.98 Å². The first-order valence-electron chi connectivity index (χ1n) is 8.53. The Morgan fingerprint density at radius 1 is 1.20 bits per heavy atom. The van der Waals surface area contributed by atoms with Crippen LogP contribution in [0, 0.1) is 13.8 Å². The van der Waals surface area contributed by atoms with Crippen molar-refractivity contribution in [3.8, 4) is 0 Å². The summed E-state index contributed by atoms with van der Waals surface area (Å²) in [6.07, 6.45) is 5.16. The predicted molar refractivity (Wildman–Crippen MR) is 96.6 cm³/mol. The summed E-state index contributed by atoms with van der Waals surface area (Å²) >= 11 is 0. The summed E-state index contributed by atoms with van der Waals surface area (Å²) in [5.74, 6) is 0.896. The normalized spacial score (nSPS) is 16.7. The molecule has 134 valence electrons. The first kappa shape index (κ1) is 17.3. The van der Waals surface area contributed by atoms with Crippen molar-refractivity contribution in [3.63, 3.8) is 0 Å². The third kappa shape index (κ3) is 3.63. The topological polar surface area (TPSA) is 79.2 Å². The Labute approximate surface area is 147 Å². The van der Waals surface area contributed by atoms with Crippen molar-refractivity contribution < 1.29 is 4.79 Å². The van der Waals surface area contributed by atoms with Crippen molar-refractivity contribution >= 4 is 17.4 Å². The van der Waals surface area contributed by atoms with E-state index in [4.69, 9.17) is 0 Å². The molecule has 1 aliphatic heterocycles. The molecule has 3 rings (SSSR count). The number of hydrogen-bond acceptors (Lipinski definition) is 6. The number of aryl methyl sites for hydroxylation is 2. The van der Waals surface area contributed by atoms with Crippen molar-refractivity contribution in [3.05, 3.63) is 30.0 Å². The molecule has 2 aromatic heterocycles. The molecule has 25 heavy (non-hydrogen) atoms. The molecule has 2 aromatic rings. The molecule has 0 aliphatic carbocycles. The van der Waals surface area contributed by atoms with E-state index in [0.717, 1.165) is 49.1 Å². The maximum Gasteiger partial charge on any atom is 0.241 e. The number of nitrogens with one attached hydrogen (secondary N) is 1. The molecule has 1 fully saturated rings. The SMILES string of the molecule is Cc1nn(C)c(C)c1NC(=O)[C@@H](C)N1CCN(c2cnccn2)CC1. The second-order valence-electron chi connectivity index (χ2n) is 6.42. The number of carbonyl (C=O) groups is 1. The van der Waals surface area contributed by atoms with E-state index in [9.17, 15) is 4.79 Å². The standard InChI is InChI=1S/C17H25N7O/c1-12-16(13(2)22(4)21-12)20-17(25)14(3)23-7-9-24(10-8-23)15-11-18-5-6-19-15/h5-6,11,14H,7-10H2,1-4H3,(H,20,25)/t14-/m1/s1. The second kappa shape index (κ2) is 7.18. The minimum atomic E-state index is -0.192. The van der Waals surface area contributed by atoms with Gasteiger partial charge in [0.05, 0.1) is 29.3 Å². The summed E-state index contributed by atoms with van der Waals surface area (Å²) in [6, 6.07) is -0.192. The molecule has 1 amide bonds. The lowest BCUT2D eigenvalue weighted by Gasteiger charge is -2.37. The molecule has 0 bridgehead atoms. The zero-order chi connectivity index (χ0) is 18.0. The molecular formula is C17H25N7O. The van der Waals surface area contributed by atoms with Crippen LogP contribution < -0.4 is 10.2 Å². The van der Waals surface area contributed by atoms with Crippen LogP contribution in [0.3, 0.4) is 0 Å². The summed E-state index contributed by atoms with van der Waals surface area (Å²) in [4.78, 5) is 25.5. The van der Waals surface area contributed by atoms with Gasteiger partial charge in [-0.3, -0.25) is 19.4 Å². The van der Waals surface area contributed by atoms with E-state index in [1.807, 2.05) is 27.8 Å². The van der Waals surface area contributed by atoms with Gasteiger partial charge in [-0.05, 0) is 20.8 Å². The Hall–Kier alpha value is -2.48. The summed E-state index contributed by atoms with van der Waals surface area (Å²) < 4.78 is 1.79. The number of rotatable bonds is 4. The molecule has 8 heteroatoms. The van der Waals surface area contributed by atoms with Gasteiger partial charge in [0.1, 0.15) is 5.82 Å². The van der Waals surface area contributed by atoms with Crippen molar-refractivity contribution in [1.29, 1.82) is 0 Å². The molecule has 0 aromatic carbocycles. The Bertz CT molecular complexity index is 735. The first-order chi connectivity index (χ1) is 12.0. The highest BCUT2D eigenvalue weighted by atomic mass is 16.2. The lowest BCUT2D eigenvalue weighted by molar-refractivity contribution is -0.120. The fourth-order valence-electron chi connectivity index (χ4n) is 3.14. The smallest absolute Gasteiger partial charge is 0.241 e. The van der Waals surface area contributed by atoms with Crippen LogP contribution in [0.25, 0.3) is 0 Å². The van der Waals surface area contributed by atoms with Gasteiger partial charge in [0, 0.05) is 45.6 Å². The van der Waals surface area contributed by atoms with E-state index in [-0.39, 0.29) is 11.9 Å². The molecular weight excluding hydrogens is 318 g/mol. The number of carbonyl (C=O) groups excluding carboxylic acids is 1. The lowest BCUT2D eigenvalue weighted by atomic mass is 10.2. The molecule has 0 spiro atoms. The summed E-state index contributed by atoms with van der Waals surface area (Å²) in [5, 5.41) is 7.39. The molecule has 0 radical (unpaired) electrons. The highest BCUT2D eigenvalue weighted by Gasteiger charge is 2.27. The fraction of sp³-hybridized carbons (Fsp3) is 0.529. The quantitative estimate of drug-likeness (QED) is 0.891. The van der Waals surface area contributed by atoms with Crippen LogP contribution >= 0.6 is 0 Å². The number of piperazine rings is 1. The highest BCUT2D eigenvalue weighted by Crippen LogP contribution is 2.20. The Morgan fingerprint density at radius 2 is 1.92 bits per heavy atom. The molecule has 3 heterocycles. The number of anilines is 2. The van der Waals surface area contributed by atoms with Crippen LogP contribution in [0.4, 0.5) is 11.5 Å². The van der Waals surface area contributed by atoms with Gasteiger partial charge in [0.2, 0.25) is 5.91 Å². The van der Waals surface area contributed by atoms with Crippen LogP contribution in [0.15, 0.2) is 18.6 Å². The van der Waals surface area contributed by atoms with Gasteiger partial charge in [0.25, 0.3) is 0 Å². The van der Waals surface area contributed by atoms with Gasteiger partial charge >= 0.3 is 0 Å². The molecule has 1 N–H and O–H groups in total. The maximum atomic E-state index is 12.7. The minimum absolute atomic E-state index is 0.00662. The zero-order valence-corrected chi connectivity index (χ0v) is 15.2. The summed E-state index contributed by atoms with van der Waals surface area (Å²) in [5.41, 5.74) is 2.62. The van der Waals surface area contributed by atoms with Crippen LogP contribution in [-0.4, -0.2) is 62.8 Å². The number of hydrogen-bond donors (Lipinski definition) is 1. The monoisotopic (exact) mass is 343 g/mol. The molecule has 1 saturated heterocycles. The zero-order valence-electron chi connectivity index (χ0n) is 15.2. The van der Waals surface area contributed by atoms with E-state index in [0.29, 0.717) is 0 Å². The van der Waals surface area contributed by atoms with Crippen LogP contribution in [0.1, 0.15) is 18.3 Å². The van der Waals surface area contributed by atoms with Crippen LogP contribution in [0.2, 0.25) is 0 Å². The summed E-state index contributed by atoms with van der Waals surface area (Å²) in [7, 11) is 1.88. The van der Waals surface area contributed by atoms with Gasteiger partial charge in [-0.2, -0.15) is 5.10 Å². The fourth-order valence-corrected chi connectivity index (χ4v) is 3.14. The lowest BCUT2D eigenvalue weighted by Crippen LogP contribution is -2.53. The van der Waals surface area contributed by atoms with E-state index < -0.39 is 0 Å². The third-order valence-corrected chi connectivity index (χ3v) is 4.87. The molecule has 0 unspecified atom stereocenters. The van der Waals surface area contributed by atoms with Crippen molar-refractivity contribution in [1.82, 2.24) is 24.6 Å². The predicted octanol–water partition coefficient (Wildman–Crippen LogP) is 0.976. The van der Waals surface area contributed by atoms with E-state index in [1.165, 1.54) is 0 Å². The Balaban J connectivity index is 1.58. The van der Waals surface area contributed by atoms with Gasteiger partial charge < -0.3 is 10.2 Å². The largest absolute Gasteiger partial charge is 0.353 e. The van der Waals surface area contributed by atoms with Crippen LogP contribution in [-0.2, 0) is 11.8 Å². The van der Waals surface area contributed by atoms with E-state index in [2.05, 4.69) is 30.2 Å². The summed E-state index contributed by atoms with van der Waals surface area (Å²) in [6.45, 7) is 9.12. The Morgan fingerprint density at radius 3 is 2.48 bits per heavy atom. The van der Waals surface area contributed by atoms with Gasteiger partial charge in [-0.1, -0.05) is 0 Å². The number of aromatic nitrogens is 4. The van der Waals surface area contributed by atoms with E-state index >= 15 is 0 Å². The van der Waals surface area contributed by atoms with Gasteiger partial charge in [-0.15, -0.1) is 0 Å². The van der Waals surface area contributed by atoms with Gasteiger partial charge in [0.15, 0.2) is 0 Å². The first-order valence-corrected chi connectivity index (χ1v) is 8.53. The van der Waals surface area contributed by atoms with Crippen molar-refractivity contribution in [2.45, 2.75) is 26.8 Å². The average Bonchev–Trinajstić information content (AvgIpc) is 2.88.